The van der Waals surface area contributed by atoms with Crippen LogP contribution in [0.5, 0.6) is 23.0 Å². The Hall–Kier alpha value is -3.54. The summed E-state index contributed by atoms with van der Waals surface area (Å²) < 4.78 is 76.7. The molecule has 0 radical (unpaired) electrons. The Morgan fingerprint density at radius 1 is 1.03 bits per heavy atom. The molecule has 1 aliphatic rings. The van der Waals surface area contributed by atoms with Gasteiger partial charge in [0.15, 0.2) is 11.6 Å². The minimum absolute atomic E-state index is 0.340. The van der Waals surface area contributed by atoms with Crippen LogP contribution in [0.25, 0.3) is 0 Å². The van der Waals surface area contributed by atoms with Crippen LogP contribution in [0.3, 0.4) is 0 Å². The summed E-state index contributed by atoms with van der Waals surface area (Å²) >= 11 is 0. The predicted molar refractivity (Wildman–Crippen MR) is 126 cm³/mol. The molecule has 1 saturated heterocycles. The molecule has 3 aromatic rings. The second-order valence-corrected chi connectivity index (χ2v) is 8.83. The van der Waals surface area contributed by atoms with Gasteiger partial charge >= 0.3 is 14.3 Å². The first-order valence-electron chi connectivity index (χ1n) is 10.8. The molecule has 1 aliphatic heterocycles. The molecular weight excluding hydrogens is 518 g/mol. The smallest absolute Gasteiger partial charge is 0.463 e. The van der Waals surface area contributed by atoms with Crippen molar-refractivity contribution in [3.05, 3.63) is 71.0 Å². The first-order valence-corrected chi connectivity index (χ1v) is 11.9. The summed E-state index contributed by atoms with van der Waals surface area (Å²) in [5, 5.41) is 0. The summed E-state index contributed by atoms with van der Waals surface area (Å²) in [7, 11) is 0.786. The number of nitrogens with zero attached hydrogens (tertiary/aromatic N) is 2. The zero-order valence-electron chi connectivity index (χ0n) is 19.7. The molecule has 0 spiro atoms. The molecule has 2 unspecified atom stereocenters. The Morgan fingerprint density at radius 2 is 1.54 bits per heavy atom. The van der Waals surface area contributed by atoms with Gasteiger partial charge in [0.2, 0.25) is 0 Å². The number of halogens is 3. The van der Waals surface area contributed by atoms with Crippen molar-refractivity contribution >= 4 is 14.4 Å². The number of rotatable bonds is 10. The van der Waals surface area contributed by atoms with Crippen LogP contribution in [0.2, 0.25) is 0 Å². The van der Waals surface area contributed by atoms with Crippen LogP contribution >= 0.6 is 8.60 Å². The molecule has 2 N–H and O–H groups in total. The maximum Gasteiger partial charge on any atom is 0.463 e. The van der Waals surface area contributed by atoms with Crippen LogP contribution in [-0.4, -0.2) is 42.4 Å². The average Bonchev–Trinajstić information content (AvgIpc) is 3.19. The lowest BCUT2D eigenvalue weighted by atomic mass is 10.2. The Morgan fingerprint density at radius 3 is 2.05 bits per heavy atom. The van der Waals surface area contributed by atoms with E-state index >= 15 is 0 Å². The van der Waals surface area contributed by atoms with Crippen molar-refractivity contribution in [2.24, 2.45) is 0 Å². The van der Waals surface area contributed by atoms with Crippen molar-refractivity contribution in [3.8, 4) is 23.0 Å². The number of anilines is 1. The van der Waals surface area contributed by atoms with E-state index in [1.165, 1.54) is 14.2 Å². The number of hydrogen-bond donors (Lipinski definition) is 1. The third-order valence-electron chi connectivity index (χ3n) is 5.29. The molecular formula is C23H23F3N3O7P. The maximum absolute atomic E-state index is 14.8. The van der Waals surface area contributed by atoms with Crippen molar-refractivity contribution < 1.29 is 41.0 Å². The maximum atomic E-state index is 14.8. The first kappa shape index (κ1) is 26.5. The van der Waals surface area contributed by atoms with Crippen molar-refractivity contribution in [2.45, 2.75) is 24.7 Å². The number of ether oxygens (including phenoxy) is 3. The van der Waals surface area contributed by atoms with E-state index in [1.54, 1.807) is 48.5 Å². The largest absolute Gasteiger partial charge is 0.497 e. The van der Waals surface area contributed by atoms with E-state index in [2.05, 4.69) is 4.98 Å². The van der Waals surface area contributed by atoms with Gasteiger partial charge < -0.3 is 29.0 Å². The minimum Gasteiger partial charge on any atom is -0.497 e. The predicted octanol–water partition coefficient (Wildman–Crippen LogP) is 4.31. The summed E-state index contributed by atoms with van der Waals surface area (Å²) in [5.74, 6) is -3.23. The van der Waals surface area contributed by atoms with Gasteiger partial charge in [-0.3, -0.25) is 9.09 Å². The monoisotopic (exact) mass is 541 g/mol. The Kier molecular flexibility index (Phi) is 8.06. The fourth-order valence-electron chi connectivity index (χ4n) is 3.34. The number of benzene rings is 2. The lowest BCUT2D eigenvalue weighted by molar-refractivity contribution is -0.0985. The van der Waals surface area contributed by atoms with Crippen LogP contribution in [0.15, 0.2) is 59.5 Å². The van der Waals surface area contributed by atoms with Gasteiger partial charge in [0.25, 0.3) is 5.92 Å². The summed E-state index contributed by atoms with van der Waals surface area (Å²) in [4.78, 5) is 15.3. The van der Waals surface area contributed by atoms with Gasteiger partial charge in [0.1, 0.15) is 35.3 Å². The molecule has 0 amide bonds. The van der Waals surface area contributed by atoms with E-state index in [-0.39, 0.29) is 0 Å². The summed E-state index contributed by atoms with van der Waals surface area (Å²) in [6.45, 7) is -0.652. The number of nitrogens with two attached hydrogens (primary N) is 1. The highest BCUT2D eigenvalue weighted by Gasteiger charge is 2.52. The standard InChI is InChI=1S/C23H23F3N3O7P/c1-31-14-3-7-16(8-4-14)35-37(36-17-9-5-15(32-2)6-10-17)33-13-19-23(25,26)11-20(34-19)29-12-18(24)21(27)28-22(29)30/h3-10,12,19-20H,11,13H2,1-2H3,(H2,27,28,30). The molecule has 2 heterocycles. The minimum atomic E-state index is -3.41. The fourth-order valence-corrected chi connectivity index (χ4v) is 4.32. The SMILES string of the molecule is COc1ccc(OP(OCC2OC(n3cc(F)c(N)nc3=O)CC2(F)F)Oc2ccc(OC)cc2)cc1. The lowest BCUT2D eigenvalue weighted by Crippen LogP contribution is -2.32. The molecule has 37 heavy (non-hydrogen) atoms. The molecule has 14 heteroatoms. The third-order valence-corrected chi connectivity index (χ3v) is 6.37. The molecule has 4 rings (SSSR count). The Labute approximate surface area is 210 Å². The summed E-state index contributed by atoms with van der Waals surface area (Å²) in [5.41, 5.74) is 4.24. The number of aromatic nitrogens is 2. The number of hydrogen-bond acceptors (Lipinski definition) is 9. The average molecular weight is 541 g/mol. The normalized spacial score (nSPS) is 18.5. The van der Waals surface area contributed by atoms with E-state index in [1.807, 2.05) is 0 Å². The van der Waals surface area contributed by atoms with Crippen LogP contribution in [0.4, 0.5) is 19.0 Å². The topological polar surface area (TPSA) is 116 Å². The van der Waals surface area contributed by atoms with Crippen LogP contribution in [-0.2, 0) is 9.26 Å². The van der Waals surface area contributed by atoms with Crippen molar-refractivity contribution in [2.75, 3.05) is 26.6 Å². The Bertz CT molecular complexity index is 1210. The van der Waals surface area contributed by atoms with Gasteiger partial charge in [-0.2, -0.15) is 4.98 Å². The van der Waals surface area contributed by atoms with Gasteiger partial charge in [0, 0.05) is 0 Å². The summed E-state index contributed by atoms with van der Waals surface area (Å²) in [6, 6.07) is 13.0. The van der Waals surface area contributed by atoms with Gasteiger partial charge in [-0.15, -0.1) is 0 Å². The van der Waals surface area contributed by atoms with E-state index in [9.17, 15) is 18.0 Å². The molecule has 10 nitrogen and oxygen atoms in total. The van der Waals surface area contributed by atoms with Crippen molar-refractivity contribution in [1.82, 2.24) is 9.55 Å². The quantitative estimate of drug-likeness (QED) is 0.375. The van der Waals surface area contributed by atoms with Crippen LogP contribution in [0, 0.1) is 5.82 Å². The second-order valence-electron chi connectivity index (χ2n) is 7.76. The zero-order chi connectivity index (χ0) is 26.6. The molecule has 2 aromatic carbocycles. The third kappa shape index (κ3) is 6.43. The van der Waals surface area contributed by atoms with E-state index in [0.29, 0.717) is 33.8 Å². The molecule has 0 aliphatic carbocycles. The molecule has 1 fully saturated rings. The van der Waals surface area contributed by atoms with E-state index in [4.69, 9.17) is 33.5 Å². The van der Waals surface area contributed by atoms with Gasteiger partial charge in [-0.25, -0.2) is 18.0 Å². The second kappa shape index (κ2) is 11.2. The summed E-state index contributed by atoms with van der Waals surface area (Å²) in [6.07, 6.45) is -3.48. The number of alkyl halides is 2. The van der Waals surface area contributed by atoms with E-state index < -0.39 is 57.2 Å². The molecule has 0 bridgehead atoms. The highest BCUT2D eigenvalue weighted by Crippen LogP contribution is 2.46. The van der Waals surface area contributed by atoms with Gasteiger partial charge in [-0.1, -0.05) is 0 Å². The molecule has 2 atom stereocenters. The number of nitrogen functional groups attached to an aromatic ring is 1. The zero-order valence-corrected chi connectivity index (χ0v) is 20.6. The van der Waals surface area contributed by atoms with Crippen molar-refractivity contribution in [1.29, 1.82) is 0 Å². The number of methoxy groups -OCH3 is 2. The Balaban J connectivity index is 1.48. The van der Waals surface area contributed by atoms with Gasteiger partial charge in [-0.05, 0) is 48.5 Å². The lowest BCUT2D eigenvalue weighted by Gasteiger charge is -2.22. The van der Waals surface area contributed by atoms with Crippen LogP contribution < -0.4 is 29.9 Å². The highest BCUT2D eigenvalue weighted by molar-refractivity contribution is 7.42. The van der Waals surface area contributed by atoms with Crippen molar-refractivity contribution in [3.63, 3.8) is 0 Å². The van der Waals surface area contributed by atoms with E-state index in [0.717, 1.165) is 0 Å². The molecule has 0 saturated carbocycles. The molecule has 198 valence electrons. The first-order chi connectivity index (χ1) is 17.7. The molecule has 1 aromatic heterocycles. The highest BCUT2D eigenvalue weighted by atomic mass is 31.2. The van der Waals surface area contributed by atoms with Gasteiger partial charge in [0.05, 0.1) is 33.4 Å². The van der Waals surface area contributed by atoms with Crippen LogP contribution in [0.1, 0.15) is 12.6 Å². The fraction of sp³-hybridized carbons (Fsp3) is 0.304.